The number of benzene rings is 1. The maximum absolute atomic E-state index is 13.0. The highest BCUT2D eigenvalue weighted by Gasteiger charge is 2.22. The van der Waals surface area contributed by atoms with Gasteiger partial charge in [0.25, 0.3) is 0 Å². The summed E-state index contributed by atoms with van der Waals surface area (Å²) in [6, 6.07) is 9.50. The number of carbonyl (C=O) groups is 2. The van der Waals surface area contributed by atoms with Crippen molar-refractivity contribution in [2.75, 3.05) is 0 Å². The molecule has 3 aromatic rings. The van der Waals surface area contributed by atoms with Gasteiger partial charge in [-0.25, -0.2) is 14.5 Å². The molecule has 4 rings (SSSR count). The predicted molar refractivity (Wildman–Crippen MR) is 135 cm³/mol. The van der Waals surface area contributed by atoms with E-state index in [0.717, 1.165) is 55.5 Å². The van der Waals surface area contributed by atoms with Crippen molar-refractivity contribution in [3.05, 3.63) is 65.5 Å². The molecule has 184 valence electrons. The molecule has 1 aliphatic rings. The summed E-state index contributed by atoms with van der Waals surface area (Å²) in [7, 11) is 0. The number of rotatable bonds is 11. The zero-order valence-corrected chi connectivity index (χ0v) is 20.4. The van der Waals surface area contributed by atoms with Gasteiger partial charge in [-0.3, -0.25) is 9.78 Å². The lowest BCUT2D eigenvalue weighted by atomic mass is 9.86. The topological polar surface area (TPSA) is 98.0 Å². The Hall–Kier alpha value is -3.35. The van der Waals surface area contributed by atoms with Gasteiger partial charge in [0.1, 0.15) is 5.82 Å². The molecule has 0 spiro atoms. The Morgan fingerprint density at radius 3 is 2.54 bits per heavy atom. The molecule has 7 nitrogen and oxygen atoms in total. The number of aromatic nitrogens is 4. The number of aromatic carboxylic acids is 1. The maximum Gasteiger partial charge on any atom is 0.337 e. The third kappa shape index (κ3) is 6.41. The fourth-order valence-electron chi connectivity index (χ4n) is 4.86. The molecule has 35 heavy (non-hydrogen) atoms. The van der Waals surface area contributed by atoms with E-state index in [2.05, 4.69) is 22.0 Å². The second-order valence-corrected chi connectivity index (χ2v) is 9.52. The van der Waals surface area contributed by atoms with Crippen molar-refractivity contribution < 1.29 is 14.7 Å². The van der Waals surface area contributed by atoms with Crippen LogP contribution in [0.2, 0.25) is 0 Å². The van der Waals surface area contributed by atoms with Crippen LogP contribution in [-0.2, 0) is 13.0 Å². The highest BCUT2D eigenvalue weighted by atomic mass is 16.4. The lowest BCUT2D eigenvalue weighted by Gasteiger charge is -2.19. The summed E-state index contributed by atoms with van der Waals surface area (Å²) in [6.07, 6.45) is 13.5. The van der Waals surface area contributed by atoms with Crippen molar-refractivity contribution in [3.63, 3.8) is 0 Å². The highest BCUT2D eigenvalue weighted by molar-refractivity contribution is 5.95. The number of aryl methyl sites for hydroxylation is 1. The standard InChI is InChI=1S/C28H34N4O3/c1-2-3-5-10-26-30-27(25(33)17-20-8-6-4-7-9-20)31-32(26)19-21-11-13-22(14-12-21)23-15-16-29-18-24(23)28(34)35/h11-16,18,20H,2-10,17,19H2,1H3,(H,34,35). The first-order chi connectivity index (χ1) is 17.0. The van der Waals surface area contributed by atoms with Gasteiger partial charge in [-0.1, -0.05) is 76.1 Å². The minimum Gasteiger partial charge on any atom is -0.478 e. The largest absolute Gasteiger partial charge is 0.478 e. The van der Waals surface area contributed by atoms with Gasteiger partial charge in [-0.15, -0.1) is 5.10 Å². The van der Waals surface area contributed by atoms with Crippen LogP contribution in [0.5, 0.6) is 0 Å². The van der Waals surface area contributed by atoms with Crippen molar-refractivity contribution in [3.8, 4) is 11.1 Å². The molecule has 1 aromatic carbocycles. The van der Waals surface area contributed by atoms with Crippen LogP contribution in [0.1, 0.15) is 97.1 Å². The number of carboxylic acids is 1. The summed E-state index contributed by atoms with van der Waals surface area (Å²) < 4.78 is 1.87. The van der Waals surface area contributed by atoms with E-state index < -0.39 is 5.97 Å². The van der Waals surface area contributed by atoms with Crippen LogP contribution in [0.25, 0.3) is 11.1 Å². The second-order valence-electron chi connectivity index (χ2n) is 9.52. The molecule has 0 radical (unpaired) electrons. The third-order valence-corrected chi connectivity index (χ3v) is 6.85. The summed E-state index contributed by atoms with van der Waals surface area (Å²) in [4.78, 5) is 33.1. The van der Waals surface area contributed by atoms with E-state index in [9.17, 15) is 14.7 Å². The lowest BCUT2D eigenvalue weighted by molar-refractivity contribution is 0.0697. The van der Waals surface area contributed by atoms with E-state index in [1.807, 2.05) is 28.9 Å². The number of unbranched alkanes of at least 4 members (excludes halogenated alkanes) is 2. The Balaban J connectivity index is 1.52. The molecule has 0 amide bonds. The Kier molecular flexibility index (Phi) is 8.40. The van der Waals surface area contributed by atoms with Crippen LogP contribution in [0.4, 0.5) is 0 Å². The van der Waals surface area contributed by atoms with Crippen LogP contribution < -0.4 is 0 Å². The summed E-state index contributed by atoms with van der Waals surface area (Å²) in [5.41, 5.74) is 2.65. The average molecular weight is 475 g/mol. The lowest BCUT2D eigenvalue weighted by Crippen LogP contribution is -2.13. The summed E-state index contributed by atoms with van der Waals surface area (Å²) in [6.45, 7) is 2.69. The first-order valence-corrected chi connectivity index (χ1v) is 12.8. The Morgan fingerprint density at radius 1 is 1.06 bits per heavy atom. The van der Waals surface area contributed by atoms with E-state index >= 15 is 0 Å². The number of Topliss-reactive ketones (excluding diaryl/α,β-unsaturated/α-hetero) is 1. The van der Waals surface area contributed by atoms with Gasteiger partial charge in [0.15, 0.2) is 0 Å². The molecule has 0 bridgehead atoms. The Bertz CT molecular complexity index is 1150. The molecular weight excluding hydrogens is 440 g/mol. The molecule has 1 N–H and O–H groups in total. The van der Waals surface area contributed by atoms with Gasteiger partial charge in [-0.05, 0) is 35.1 Å². The van der Waals surface area contributed by atoms with E-state index in [0.29, 0.717) is 30.3 Å². The number of nitrogens with zero attached hydrogens (tertiary/aromatic N) is 4. The van der Waals surface area contributed by atoms with E-state index in [1.54, 1.807) is 12.3 Å². The minimum atomic E-state index is -0.998. The van der Waals surface area contributed by atoms with Gasteiger partial charge in [-0.2, -0.15) is 0 Å². The molecular formula is C28H34N4O3. The van der Waals surface area contributed by atoms with Crippen LogP contribution in [0.3, 0.4) is 0 Å². The van der Waals surface area contributed by atoms with Crippen molar-refractivity contribution >= 4 is 11.8 Å². The molecule has 2 heterocycles. The SMILES string of the molecule is CCCCCc1nc(C(=O)CC2CCCCC2)nn1Cc1ccc(-c2ccncc2C(=O)O)cc1. The number of pyridine rings is 1. The van der Waals surface area contributed by atoms with Crippen molar-refractivity contribution in [1.82, 2.24) is 19.7 Å². The first kappa shape index (κ1) is 24.8. The average Bonchev–Trinajstić information content (AvgIpc) is 3.28. The van der Waals surface area contributed by atoms with Gasteiger partial charge in [0.05, 0.1) is 12.1 Å². The summed E-state index contributed by atoms with van der Waals surface area (Å²) >= 11 is 0. The fraction of sp³-hybridized carbons (Fsp3) is 0.464. The van der Waals surface area contributed by atoms with Gasteiger partial charge in [0.2, 0.25) is 11.6 Å². The van der Waals surface area contributed by atoms with Crippen LogP contribution in [-0.4, -0.2) is 36.6 Å². The number of hydrogen-bond acceptors (Lipinski definition) is 5. The highest BCUT2D eigenvalue weighted by Crippen LogP contribution is 2.27. The Morgan fingerprint density at radius 2 is 1.83 bits per heavy atom. The van der Waals surface area contributed by atoms with Crippen molar-refractivity contribution in [2.24, 2.45) is 5.92 Å². The zero-order chi connectivity index (χ0) is 24.6. The smallest absolute Gasteiger partial charge is 0.337 e. The van der Waals surface area contributed by atoms with Crippen LogP contribution in [0.15, 0.2) is 42.7 Å². The third-order valence-electron chi connectivity index (χ3n) is 6.85. The zero-order valence-electron chi connectivity index (χ0n) is 20.4. The molecule has 0 saturated heterocycles. The monoisotopic (exact) mass is 474 g/mol. The van der Waals surface area contributed by atoms with E-state index in [1.165, 1.54) is 25.5 Å². The van der Waals surface area contributed by atoms with E-state index in [4.69, 9.17) is 0 Å². The van der Waals surface area contributed by atoms with Crippen molar-refractivity contribution in [1.29, 1.82) is 0 Å². The quantitative estimate of drug-likeness (QED) is 0.271. The normalized spacial score (nSPS) is 14.2. The number of carboxylic acid groups (broad SMARTS) is 1. The molecule has 2 aromatic heterocycles. The number of hydrogen-bond donors (Lipinski definition) is 1. The molecule has 1 aliphatic carbocycles. The van der Waals surface area contributed by atoms with Gasteiger partial charge < -0.3 is 5.11 Å². The first-order valence-electron chi connectivity index (χ1n) is 12.8. The molecule has 1 saturated carbocycles. The van der Waals surface area contributed by atoms with Crippen LogP contribution >= 0.6 is 0 Å². The molecule has 0 unspecified atom stereocenters. The van der Waals surface area contributed by atoms with E-state index in [-0.39, 0.29) is 11.3 Å². The maximum atomic E-state index is 13.0. The minimum absolute atomic E-state index is 0.0571. The van der Waals surface area contributed by atoms with Crippen molar-refractivity contribution in [2.45, 2.75) is 77.7 Å². The van der Waals surface area contributed by atoms with Gasteiger partial charge >= 0.3 is 5.97 Å². The second kappa shape index (κ2) is 11.9. The fourth-order valence-corrected chi connectivity index (χ4v) is 4.86. The predicted octanol–water partition coefficient (Wildman–Crippen LogP) is 5.97. The molecule has 0 aliphatic heterocycles. The number of carbonyl (C=O) groups excluding carboxylic acids is 1. The molecule has 1 fully saturated rings. The van der Waals surface area contributed by atoms with Crippen LogP contribution in [0, 0.1) is 5.92 Å². The molecule has 0 atom stereocenters. The Labute approximate surface area is 206 Å². The summed E-state index contributed by atoms with van der Waals surface area (Å²) in [5, 5.41) is 14.1. The van der Waals surface area contributed by atoms with Gasteiger partial charge in [0, 0.05) is 25.2 Å². The molecule has 7 heteroatoms. The summed E-state index contributed by atoms with van der Waals surface area (Å²) in [5.74, 6) is 0.727. The number of ketones is 1.